The molecule has 0 fully saturated rings. The number of benzene rings is 2. The van der Waals surface area contributed by atoms with Gasteiger partial charge in [-0.05, 0) is 36.1 Å². The van der Waals surface area contributed by atoms with Crippen LogP contribution in [-0.4, -0.2) is 32.8 Å². The molecule has 28 heavy (non-hydrogen) atoms. The van der Waals surface area contributed by atoms with Crippen molar-refractivity contribution in [3.05, 3.63) is 70.8 Å². The topological polar surface area (TPSA) is 61.8 Å². The molecular formula is C23H22O5. The van der Waals surface area contributed by atoms with Crippen LogP contribution in [0.2, 0.25) is 0 Å². The lowest BCUT2D eigenvalue weighted by Gasteiger charge is -2.27. The first-order valence-electron chi connectivity index (χ1n) is 9.22. The normalized spacial score (nSPS) is 19.3. The summed E-state index contributed by atoms with van der Waals surface area (Å²) < 4.78 is 16.2. The van der Waals surface area contributed by atoms with Crippen LogP contribution in [0.5, 0.6) is 5.75 Å². The number of hydrogen-bond acceptors (Lipinski definition) is 5. The van der Waals surface area contributed by atoms with Gasteiger partial charge in [-0.3, -0.25) is 9.59 Å². The van der Waals surface area contributed by atoms with Crippen molar-refractivity contribution in [2.75, 3.05) is 20.8 Å². The first-order chi connectivity index (χ1) is 13.5. The summed E-state index contributed by atoms with van der Waals surface area (Å²) in [6.07, 6.45) is 0.270. The van der Waals surface area contributed by atoms with E-state index in [1.54, 1.807) is 0 Å². The maximum absolute atomic E-state index is 13.0. The average Bonchev–Trinajstić information content (AvgIpc) is 3.09. The highest BCUT2D eigenvalue weighted by atomic mass is 16.5. The molecule has 0 spiro atoms. The molecule has 2 aromatic carbocycles. The van der Waals surface area contributed by atoms with Crippen molar-refractivity contribution >= 4 is 17.5 Å². The number of carbonyl (C=O) groups is 2. The lowest BCUT2D eigenvalue weighted by Crippen LogP contribution is -2.41. The molecule has 0 aromatic heterocycles. The molecule has 2 aliphatic rings. The molecule has 2 aromatic rings. The van der Waals surface area contributed by atoms with Crippen LogP contribution < -0.4 is 4.74 Å². The smallest absolute Gasteiger partial charge is 0.327 e. The monoisotopic (exact) mass is 378 g/mol. The minimum absolute atomic E-state index is 0.114. The lowest BCUT2D eigenvalue weighted by atomic mass is 9.76. The molecule has 0 amide bonds. The highest BCUT2D eigenvalue weighted by Crippen LogP contribution is 2.58. The van der Waals surface area contributed by atoms with Crippen LogP contribution in [0.25, 0.3) is 5.57 Å². The zero-order chi connectivity index (χ0) is 19.9. The van der Waals surface area contributed by atoms with E-state index in [2.05, 4.69) is 6.07 Å². The Balaban J connectivity index is 2.00. The molecule has 1 heterocycles. The summed E-state index contributed by atoms with van der Waals surface area (Å²) in [5, 5.41) is 0. The van der Waals surface area contributed by atoms with Crippen molar-refractivity contribution in [1.29, 1.82) is 0 Å². The van der Waals surface area contributed by atoms with Crippen LogP contribution >= 0.6 is 0 Å². The molecule has 5 nitrogen and oxygen atoms in total. The van der Waals surface area contributed by atoms with Crippen LogP contribution in [0.15, 0.2) is 54.1 Å². The number of esters is 2. The van der Waals surface area contributed by atoms with E-state index in [1.807, 2.05) is 49.4 Å². The molecule has 1 aliphatic heterocycles. The summed E-state index contributed by atoms with van der Waals surface area (Å²) in [4.78, 5) is 26.1. The summed E-state index contributed by atoms with van der Waals surface area (Å²) in [5.74, 6) is -0.530. The fraction of sp³-hybridized carbons (Fsp3) is 0.304. The number of aryl methyl sites for hydroxylation is 1. The van der Waals surface area contributed by atoms with E-state index in [9.17, 15) is 9.59 Å². The largest absolute Gasteiger partial charge is 0.489 e. The number of rotatable bonds is 3. The van der Waals surface area contributed by atoms with Crippen LogP contribution in [0, 0.1) is 12.3 Å². The van der Waals surface area contributed by atoms with Gasteiger partial charge in [-0.25, -0.2) is 0 Å². The highest BCUT2D eigenvalue weighted by Gasteiger charge is 2.60. The van der Waals surface area contributed by atoms with Gasteiger partial charge in [-0.2, -0.15) is 0 Å². The molecule has 1 unspecified atom stereocenters. The molecule has 1 aliphatic carbocycles. The quantitative estimate of drug-likeness (QED) is 0.603. The molecule has 4 rings (SSSR count). The van der Waals surface area contributed by atoms with Crippen LogP contribution in [0.4, 0.5) is 0 Å². The van der Waals surface area contributed by atoms with Gasteiger partial charge in [-0.1, -0.05) is 48.0 Å². The number of hydrogen-bond donors (Lipinski definition) is 0. The van der Waals surface area contributed by atoms with Gasteiger partial charge in [0.1, 0.15) is 12.4 Å². The molecule has 5 heteroatoms. The van der Waals surface area contributed by atoms with E-state index in [0.29, 0.717) is 12.2 Å². The van der Waals surface area contributed by atoms with E-state index in [-0.39, 0.29) is 12.3 Å². The minimum atomic E-state index is -1.51. The van der Waals surface area contributed by atoms with Gasteiger partial charge >= 0.3 is 11.9 Å². The maximum Gasteiger partial charge on any atom is 0.327 e. The molecule has 0 N–H and O–H groups in total. The van der Waals surface area contributed by atoms with E-state index in [0.717, 1.165) is 28.0 Å². The zero-order valence-corrected chi connectivity index (χ0v) is 16.2. The molecule has 0 bridgehead atoms. The molecule has 1 atom stereocenters. The van der Waals surface area contributed by atoms with Gasteiger partial charge in [0.25, 0.3) is 0 Å². The van der Waals surface area contributed by atoms with Crippen molar-refractivity contribution in [1.82, 2.24) is 0 Å². The van der Waals surface area contributed by atoms with Gasteiger partial charge in [0.2, 0.25) is 0 Å². The Kier molecular flexibility index (Phi) is 4.46. The van der Waals surface area contributed by atoms with Crippen molar-refractivity contribution in [3.8, 4) is 5.75 Å². The number of ether oxygens (including phenoxy) is 3. The maximum atomic E-state index is 13.0. The number of methoxy groups -OCH3 is 2. The second-order valence-electron chi connectivity index (χ2n) is 7.24. The fourth-order valence-corrected chi connectivity index (χ4v) is 4.52. The van der Waals surface area contributed by atoms with E-state index in [4.69, 9.17) is 14.2 Å². The Morgan fingerprint density at radius 3 is 2.36 bits per heavy atom. The highest BCUT2D eigenvalue weighted by molar-refractivity contribution is 6.14. The van der Waals surface area contributed by atoms with Gasteiger partial charge in [0, 0.05) is 11.5 Å². The van der Waals surface area contributed by atoms with Crippen LogP contribution in [0.1, 0.15) is 29.0 Å². The standard InChI is InChI=1S/C23H22O5/c1-14-9-10-19-16(11-14)17-12-23(21(24)26-2,22(25)27-3)20(18(17)13-28-19)15-7-5-4-6-8-15/h4-11,17H,12-13H2,1-3H3. The van der Waals surface area contributed by atoms with Gasteiger partial charge in [0.05, 0.1) is 14.2 Å². The molecule has 144 valence electrons. The number of fused-ring (bicyclic) bond motifs is 3. The van der Waals surface area contributed by atoms with Gasteiger partial charge < -0.3 is 14.2 Å². The third kappa shape index (κ3) is 2.53. The predicted octanol–water partition coefficient (Wildman–Crippen LogP) is 3.66. The van der Waals surface area contributed by atoms with E-state index < -0.39 is 17.4 Å². The van der Waals surface area contributed by atoms with Crippen molar-refractivity contribution in [2.45, 2.75) is 19.3 Å². The fourth-order valence-electron chi connectivity index (χ4n) is 4.52. The number of carbonyl (C=O) groups excluding carboxylic acids is 2. The predicted molar refractivity (Wildman–Crippen MR) is 104 cm³/mol. The van der Waals surface area contributed by atoms with E-state index in [1.165, 1.54) is 14.2 Å². The second kappa shape index (κ2) is 6.82. The Hall–Kier alpha value is -3.08. The third-order valence-electron chi connectivity index (χ3n) is 5.73. The molecular weight excluding hydrogens is 356 g/mol. The summed E-state index contributed by atoms with van der Waals surface area (Å²) in [6.45, 7) is 2.33. The van der Waals surface area contributed by atoms with Gasteiger partial charge in [-0.15, -0.1) is 0 Å². The average molecular weight is 378 g/mol. The third-order valence-corrected chi connectivity index (χ3v) is 5.73. The van der Waals surface area contributed by atoms with Crippen molar-refractivity contribution in [3.63, 3.8) is 0 Å². The second-order valence-corrected chi connectivity index (χ2v) is 7.24. The Morgan fingerprint density at radius 2 is 1.71 bits per heavy atom. The van der Waals surface area contributed by atoms with E-state index >= 15 is 0 Å². The van der Waals surface area contributed by atoms with Crippen LogP contribution in [-0.2, 0) is 19.1 Å². The molecule has 0 radical (unpaired) electrons. The molecule has 0 saturated heterocycles. The first kappa shape index (κ1) is 18.3. The SMILES string of the molecule is COC(=O)C1(C(=O)OC)CC2C(=C1c1ccccc1)COc1ccc(C)cc12. The lowest BCUT2D eigenvalue weighted by molar-refractivity contribution is -0.164. The minimum Gasteiger partial charge on any atom is -0.489 e. The first-order valence-corrected chi connectivity index (χ1v) is 9.22. The Bertz CT molecular complexity index is 958. The van der Waals surface area contributed by atoms with Crippen molar-refractivity contribution in [2.24, 2.45) is 5.41 Å². The Labute approximate surface area is 163 Å². The molecule has 0 saturated carbocycles. The Morgan fingerprint density at radius 1 is 1.04 bits per heavy atom. The van der Waals surface area contributed by atoms with Crippen molar-refractivity contribution < 1.29 is 23.8 Å². The summed E-state index contributed by atoms with van der Waals surface area (Å²) in [7, 11) is 2.60. The van der Waals surface area contributed by atoms with Crippen LogP contribution in [0.3, 0.4) is 0 Å². The summed E-state index contributed by atoms with van der Waals surface area (Å²) in [5.41, 5.74) is 2.95. The van der Waals surface area contributed by atoms with Gasteiger partial charge in [0.15, 0.2) is 5.41 Å². The summed E-state index contributed by atoms with van der Waals surface area (Å²) in [6, 6.07) is 15.5. The zero-order valence-electron chi connectivity index (χ0n) is 16.2. The summed E-state index contributed by atoms with van der Waals surface area (Å²) >= 11 is 0.